The van der Waals surface area contributed by atoms with E-state index in [0.29, 0.717) is 0 Å². The molecule has 0 unspecified atom stereocenters. The maximum absolute atomic E-state index is 12.8. The maximum Gasteiger partial charge on any atom is 0.318 e. The average Bonchev–Trinajstić information content (AvgIpc) is 2.81. The monoisotopic (exact) mass is 296 g/mol. The molecule has 1 fully saturated rings. The Labute approximate surface area is 129 Å². The number of carbonyl (C=O) groups is 1. The van der Waals surface area contributed by atoms with Crippen LogP contribution in [-0.4, -0.2) is 23.0 Å². The summed E-state index contributed by atoms with van der Waals surface area (Å²) in [5.74, 6) is -0.176. The van der Waals surface area contributed by atoms with Gasteiger partial charge in [-0.2, -0.15) is 0 Å². The first-order valence-corrected chi connectivity index (χ1v) is 7.75. The number of aromatic nitrogens is 2. The summed E-state index contributed by atoms with van der Waals surface area (Å²) in [5.41, 5.74) is 2.47. The molecular formula is C18H20N2O2. The quantitative estimate of drug-likeness (QED) is 0.759. The van der Waals surface area contributed by atoms with Crippen LogP contribution in [0.1, 0.15) is 45.0 Å². The van der Waals surface area contributed by atoms with Crippen molar-refractivity contribution in [3.8, 4) is 0 Å². The van der Waals surface area contributed by atoms with Gasteiger partial charge in [0.1, 0.15) is 5.41 Å². The fraction of sp³-hybridized carbons (Fsp3) is 0.500. The van der Waals surface area contributed by atoms with Gasteiger partial charge < -0.3 is 4.74 Å². The van der Waals surface area contributed by atoms with E-state index in [-0.39, 0.29) is 16.8 Å². The molecule has 4 nitrogen and oxygen atoms in total. The molecule has 2 bridgehead atoms. The highest BCUT2D eigenvalue weighted by atomic mass is 16.5. The zero-order valence-electron chi connectivity index (χ0n) is 13.4. The summed E-state index contributed by atoms with van der Waals surface area (Å²) in [6.07, 6.45) is 1.72. The van der Waals surface area contributed by atoms with Crippen LogP contribution >= 0.6 is 0 Å². The smallest absolute Gasteiger partial charge is 0.318 e. The summed E-state index contributed by atoms with van der Waals surface area (Å²) in [5, 5.41) is 0. The van der Waals surface area contributed by atoms with Crippen molar-refractivity contribution in [1.29, 1.82) is 0 Å². The van der Waals surface area contributed by atoms with Crippen molar-refractivity contribution < 1.29 is 9.53 Å². The first kappa shape index (κ1) is 13.7. The lowest BCUT2D eigenvalue weighted by atomic mass is 9.64. The lowest BCUT2D eigenvalue weighted by molar-refractivity contribution is -0.151. The summed E-state index contributed by atoms with van der Waals surface area (Å²) in [4.78, 5) is 22.5. The molecule has 22 heavy (non-hydrogen) atoms. The fourth-order valence-electron chi connectivity index (χ4n) is 4.67. The van der Waals surface area contributed by atoms with Crippen molar-refractivity contribution in [2.75, 3.05) is 7.11 Å². The van der Waals surface area contributed by atoms with E-state index in [2.05, 4.69) is 20.8 Å². The van der Waals surface area contributed by atoms with Crippen molar-refractivity contribution >= 4 is 17.0 Å². The molecule has 1 saturated carbocycles. The van der Waals surface area contributed by atoms with Gasteiger partial charge in [0.15, 0.2) is 0 Å². The number of para-hydroxylation sites is 2. The molecule has 1 aromatic carbocycles. The third kappa shape index (κ3) is 1.20. The normalized spacial score (nSPS) is 31.3. The number of ether oxygens (including phenoxy) is 1. The number of rotatable bonds is 1. The van der Waals surface area contributed by atoms with E-state index in [1.165, 1.54) is 7.11 Å². The standard InChI is InChI=1S/C18H20N2O2/c1-16(2)17(3)9-10-18(16,15(21)22-4)14-13(17)19-11-7-5-6-8-12(11)20-14/h5-8H,9-10H2,1-4H3/t17-,18+/m0/s1. The number of carbonyl (C=O) groups excluding carboxylic acids is 1. The Morgan fingerprint density at radius 1 is 1.05 bits per heavy atom. The van der Waals surface area contributed by atoms with Gasteiger partial charge in [-0.1, -0.05) is 32.9 Å². The number of benzene rings is 1. The minimum Gasteiger partial charge on any atom is -0.468 e. The van der Waals surface area contributed by atoms with Crippen LogP contribution < -0.4 is 0 Å². The molecule has 2 aliphatic carbocycles. The Hall–Kier alpha value is -1.97. The second kappa shape index (κ2) is 3.86. The van der Waals surface area contributed by atoms with E-state index >= 15 is 0 Å². The zero-order chi connectivity index (χ0) is 15.8. The first-order chi connectivity index (χ1) is 10.4. The van der Waals surface area contributed by atoms with Gasteiger partial charge in [0.05, 0.1) is 29.5 Å². The Bertz CT molecular complexity index is 814. The van der Waals surface area contributed by atoms with Gasteiger partial charge in [0.25, 0.3) is 0 Å². The highest BCUT2D eigenvalue weighted by molar-refractivity contribution is 5.89. The number of hydrogen-bond acceptors (Lipinski definition) is 4. The Kier molecular flexibility index (Phi) is 2.40. The number of hydrogen-bond donors (Lipinski definition) is 0. The first-order valence-electron chi connectivity index (χ1n) is 7.75. The molecule has 1 heterocycles. The Balaban J connectivity index is 2.12. The number of esters is 1. The summed E-state index contributed by atoms with van der Waals surface area (Å²) >= 11 is 0. The number of fused-ring (bicyclic) bond motifs is 6. The molecule has 2 aliphatic rings. The summed E-state index contributed by atoms with van der Waals surface area (Å²) in [7, 11) is 1.47. The highest BCUT2D eigenvalue weighted by Gasteiger charge is 2.73. The van der Waals surface area contributed by atoms with Gasteiger partial charge in [-0.3, -0.25) is 4.79 Å². The lowest BCUT2D eigenvalue weighted by Crippen LogP contribution is -2.46. The minimum atomic E-state index is -0.678. The van der Waals surface area contributed by atoms with Crippen LogP contribution in [0.15, 0.2) is 24.3 Å². The molecule has 0 N–H and O–H groups in total. The van der Waals surface area contributed by atoms with Crippen molar-refractivity contribution in [2.24, 2.45) is 5.41 Å². The molecule has 114 valence electrons. The maximum atomic E-state index is 12.8. The van der Waals surface area contributed by atoms with Crippen LogP contribution in [0.4, 0.5) is 0 Å². The van der Waals surface area contributed by atoms with E-state index in [9.17, 15) is 4.79 Å². The summed E-state index contributed by atoms with van der Waals surface area (Å²) < 4.78 is 5.20. The van der Waals surface area contributed by atoms with Gasteiger partial charge in [0, 0.05) is 5.41 Å². The second-order valence-corrected chi connectivity index (χ2v) is 7.26. The van der Waals surface area contributed by atoms with Crippen molar-refractivity contribution in [2.45, 2.75) is 44.4 Å². The molecule has 0 amide bonds. The predicted molar refractivity (Wildman–Crippen MR) is 83.6 cm³/mol. The third-order valence-electron chi connectivity index (χ3n) is 6.48. The largest absolute Gasteiger partial charge is 0.468 e. The molecule has 0 spiro atoms. The van der Waals surface area contributed by atoms with E-state index in [1.54, 1.807) is 0 Å². The molecule has 2 atom stereocenters. The van der Waals surface area contributed by atoms with Crippen LogP contribution in [0.25, 0.3) is 11.0 Å². The third-order valence-corrected chi connectivity index (χ3v) is 6.48. The predicted octanol–water partition coefficient (Wildman–Crippen LogP) is 3.13. The van der Waals surface area contributed by atoms with E-state index < -0.39 is 5.41 Å². The van der Waals surface area contributed by atoms with Crippen LogP contribution in [0.2, 0.25) is 0 Å². The van der Waals surface area contributed by atoms with Crippen LogP contribution in [0, 0.1) is 5.41 Å². The van der Waals surface area contributed by atoms with Crippen molar-refractivity contribution in [3.63, 3.8) is 0 Å². The minimum absolute atomic E-state index is 0.145. The Morgan fingerprint density at radius 3 is 2.23 bits per heavy atom. The molecular weight excluding hydrogens is 276 g/mol. The van der Waals surface area contributed by atoms with Crippen LogP contribution in [0.5, 0.6) is 0 Å². The highest BCUT2D eigenvalue weighted by Crippen LogP contribution is 2.70. The van der Waals surface area contributed by atoms with Crippen LogP contribution in [-0.2, 0) is 20.4 Å². The van der Waals surface area contributed by atoms with Gasteiger partial charge in [-0.25, -0.2) is 9.97 Å². The molecule has 0 aliphatic heterocycles. The zero-order valence-corrected chi connectivity index (χ0v) is 13.4. The lowest BCUT2D eigenvalue weighted by Gasteiger charge is -2.38. The summed E-state index contributed by atoms with van der Waals surface area (Å²) in [6, 6.07) is 7.86. The molecule has 2 aromatic rings. The topological polar surface area (TPSA) is 52.1 Å². The SMILES string of the molecule is COC(=O)[C@@]12CC[C@@](C)(c3nc4ccccc4nc31)C2(C)C. The number of methoxy groups -OCH3 is 1. The molecule has 1 aromatic heterocycles. The second-order valence-electron chi connectivity index (χ2n) is 7.26. The van der Waals surface area contributed by atoms with Crippen molar-refractivity contribution in [1.82, 2.24) is 9.97 Å². The van der Waals surface area contributed by atoms with E-state index in [1.807, 2.05) is 24.3 Å². The van der Waals surface area contributed by atoms with Gasteiger partial charge >= 0.3 is 5.97 Å². The van der Waals surface area contributed by atoms with E-state index in [4.69, 9.17) is 14.7 Å². The van der Waals surface area contributed by atoms with Gasteiger partial charge in [-0.15, -0.1) is 0 Å². The number of nitrogens with zero attached hydrogens (tertiary/aromatic N) is 2. The summed E-state index contributed by atoms with van der Waals surface area (Å²) in [6.45, 7) is 6.53. The molecule has 4 heteroatoms. The molecule has 0 saturated heterocycles. The molecule has 0 radical (unpaired) electrons. The van der Waals surface area contributed by atoms with E-state index in [0.717, 1.165) is 35.3 Å². The Morgan fingerprint density at radius 2 is 1.64 bits per heavy atom. The fourth-order valence-corrected chi connectivity index (χ4v) is 4.67. The van der Waals surface area contributed by atoms with Gasteiger partial charge in [-0.05, 0) is 30.4 Å². The average molecular weight is 296 g/mol. The molecule has 4 rings (SSSR count). The van der Waals surface area contributed by atoms with Crippen LogP contribution in [0.3, 0.4) is 0 Å². The van der Waals surface area contributed by atoms with Gasteiger partial charge in [0.2, 0.25) is 0 Å². The van der Waals surface area contributed by atoms with Crippen molar-refractivity contribution in [3.05, 3.63) is 35.7 Å².